The van der Waals surface area contributed by atoms with E-state index >= 15 is 0 Å². The first-order chi connectivity index (χ1) is 8.49. The summed E-state index contributed by atoms with van der Waals surface area (Å²) in [6.45, 7) is 3.48. The number of aliphatic hydroxyl groups excluding tert-OH is 5. The van der Waals surface area contributed by atoms with Gasteiger partial charge in [0.1, 0.15) is 24.4 Å². The van der Waals surface area contributed by atoms with E-state index in [1.54, 1.807) is 6.92 Å². The molecule has 0 aromatic carbocycles. The lowest BCUT2D eigenvalue weighted by atomic mass is 9.96. The predicted molar refractivity (Wildman–Crippen MR) is 66.1 cm³/mol. The van der Waals surface area contributed by atoms with Crippen LogP contribution >= 0.6 is 0 Å². The molecule has 0 aliphatic heterocycles. The minimum Gasteiger partial charge on any atom is -0.394 e. The molecule has 18 heavy (non-hydrogen) atoms. The molecule has 0 bridgehead atoms. The zero-order chi connectivity index (χ0) is 14.1. The van der Waals surface area contributed by atoms with Gasteiger partial charge in [-0.1, -0.05) is 19.8 Å². The van der Waals surface area contributed by atoms with Gasteiger partial charge < -0.3 is 30.3 Å². The van der Waals surface area contributed by atoms with Gasteiger partial charge in [-0.2, -0.15) is 0 Å². The molecule has 0 aliphatic rings. The molecule has 5 unspecified atom stereocenters. The Morgan fingerprint density at radius 3 is 2.00 bits per heavy atom. The number of rotatable bonds is 10. The first-order valence-corrected chi connectivity index (χ1v) is 6.44. The number of hydrogen-bond donors (Lipinski definition) is 5. The van der Waals surface area contributed by atoms with Crippen LogP contribution in [0.1, 0.15) is 33.1 Å². The molecule has 5 N–H and O–H groups in total. The fourth-order valence-electron chi connectivity index (χ4n) is 1.73. The molecule has 0 aliphatic carbocycles. The molecular weight excluding hydrogens is 240 g/mol. The molecule has 0 amide bonds. The largest absolute Gasteiger partial charge is 0.394 e. The van der Waals surface area contributed by atoms with Crippen molar-refractivity contribution < 1.29 is 30.3 Å². The first-order valence-electron chi connectivity index (χ1n) is 6.44. The van der Waals surface area contributed by atoms with Gasteiger partial charge in [-0.3, -0.25) is 0 Å². The van der Waals surface area contributed by atoms with Crippen molar-refractivity contribution in [2.75, 3.05) is 13.2 Å². The van der Waals surface area contributed by atoms with Gasteiger partial charge in [0.15, 0.2) is 0 Å². The van der Waals surface area contributed by atoms with E-state index in [1.807, 2.05) is 6.92 Å². The van der Waals surface area contributed by atoms with E-state index in [9.17, 15) is 20.4 Å². The Morgan fingerprint density at radius 1 is 0.944 bits per heavy atom. The van der Waals surface area contributed by atoms with Gasteiger partial charge in [-0.15, -0.1) is 0 Å². The number of ether oxygens (including phenoxy) is 1. The highest BCUT2D eigenvalue weighted by Gasteiger charge is 2.34. The van der Waals surface area contributed by atoms with Crippen LogP contribution in [0.25, 0.3) is 0 Å². The Bertz CT molecular complexity index is 199. The molecule has 0 saturated carbocycles. The second kappa shape index (κ2) is 9.66. The average Bonchev–Trinajstić information content (AvgIpc) is 2.39. The van der Waals surface area contributed by atoms with Crippen LogP contribution in [0.15, 0.2) is 0 Å². The van der Waals surface area contributed by atoms with Crippen molar-refractivity contribution >= 4 is 0 Å². The molecule has 6 nitrogen and oxygen atoms in total. The smallest absolute Gasteiger partial charge is 0.111 e. The topological polar surface area (TPSA) is 110 Å². The second-order valence-electron chi connectivity index (χ2n) is 4.36. The molecule has 0 spiro atoms. The molecule has 0 aromatic rings. The molecule has 5 atom stereocenters. The summed E-state index contributed by atoms with van der Waals surface area (Å²) in [5.74, 6) is 0. The summed E-state index contributed by atoms with van der Waals surface area (Å²) in [5.41, 5.74) is 0. The van der Waals surface area contributed by atoms with Crippen LogP contribution in [0, 0.1) is 0 Å². The number of aliphatic hydroxyl groups is 5. The summed E-state index contributed by atoms with van der Waals surface area (Å²) in [6.07, 6.45) is -4.22. The van der Waals surface area contributed by atoms with Crippen LogP contribution in [0.5, 0.6) is 0 Å². The summed E-state index contributed by atoms with van der Waals surface area (Å²) in [6, 6.07) is 0. The molecule has 0 heterocycles. The Kier molecular flexibility index (Phi) is 9.53. The van der Waals surface area contributed by atoms with Gasteiger partial charge in [0.2, 0.25) is 0 Å². The summed E-state index contributed by atoms with van der Waals surface area (Å²) in [5, 5.41) is 47.1. The third-order valence-electron chi connectivity index (χ3n) is 2.88. The van der Waals surface area contributed by atoms with Crippen molar-refractivity contribution in [3.05, 3.63) is 0 Å². The van der Waals surface area contributed by atoms with Crippen LogP contribution in [-0.4, -0.2) is 69.3 Å². The maximum Gasteiger partial charge on any atom is 0.111 e. The van der Waals surface area contributed by atoms with Crippen molar-refractivity contribution in [3.63, 3.8) is 0 Å². The molecule has 110 valence electrons. The highest BCUT2D eigenvalue weighted by atomic mass is 16.5. The van der Waals surface area contributed by atoms with E-state index in [-0.39, 0.29) is 0 Å². The number of unbranched alkanes of at least 4 members (excludes halogenated alkanes) is 1. The van der Waals surface area contributed by atoms with Crippen LogP contribution in [-0.2, 0) is 4.74 Å². The molecule has 0 rings (SSSR count). The first kappa shape index (κ1) is 17.8. The van der Waals surface area contributed by atoms with Crippen molar-refractivity contribution in [1.82, 2.24) is 0 Å². The third kappa shape index (κ3) is 5.60. The summed E-state index contributed by atoms with van der Waals surface area (Å²) in [7, 11) is 0. The maximum atomic E-state index is 9.92. The molecular formula is C12H26O6. The quantitative estimate of drug-likeness (QED) is 0.347. The van der Waals surface area contributed by atoms with Gasteiger partial charge in [0.25, 0.3) is 0 Å². The van der Waals surface area contributed by atoms with E-state index in [0.717, 1.165) is 12.8 Å². The van der Waals surface area contributed by atoms with E-state index in [4.69, 9.17) is 9.84 Å². The third-order valence-corrected chi connectivity index (χ3v) is 2.88. The highest BCUT2D eigenvalue weighted by Crippen LogP contribution is 2.15. The van der Waals surface area contributed by atoms with Gasteiger partial charge in [-0.05, 0) is 13.3 Å². The molecule has 6 heteroatoms. The lowest BCUT2D eigenvalue weighted by Crippen LogP contribution is -2.50. The zero-order valence-electron chi connectivity index (χ0n) is 11.1. The van der Waals surface area contributed by atoms with Gasteiger partial charge in [0.05, 0.1) is 12.7 Å². The maximum absolute atomic E-state index is 9.92. The molecule has 0 fully saturated rings. The highest BCUT2D eigenvalue weighted by molar-refractivity contribution is 4.85. The fraction of sp³-hybridized carbons (Fsp3) is 1.00. The normalized spacial score (nSPS) is 20.2. The van der Waals surface area contributed by atoms with E-state index in [1.165, 1.54) is 0 Å². The molecule has 0 radical (unpaired) electrons. The van der Waals surface area contributed by atoms with Gasteiger partial charge in [0, 0.05) is 6.61 Å². The minimum absolute atomic E-state index is 0.386. The zero-order valence-corrected chi connectivity index (χ0v) is 11.1. The fourth-order valence-corrected chi connectivity index (χ4v) is 1.73. The Morgan fingerprint density at radius 2 is 1.56 bits per heavy atom. The Hall–Kier alpha value is -0.240. The lowest BCUT2D eigenvalue weighted by Gasteiger charge is -2.30. The SMILES string of the molecule is CCCCC(OCC)C(O)C(O)C(O)C(O)CO. The summed E-state index contributed by atoms with van der Waals surface area (Å²) < 4.78 is 5.33. The van der Waals surface area contributed by atoms with Gasteiger partial charge in [-0.25, -0.2) is 0 Å². The van der Waals surface area contributed by atoms with E-state index in [0.29, 0.717) is 13.0 Å². The van der Waals surface area contributed by atoms with Crippen LogP contribution in [0.4, 0.5) is 0 Å². The van der Waals surface area contributed by atoms with E-state index < -0.39 is 37.1 Å². The van der Waals surface area contributed by atoms with Crippen molar-refractivity contribution in [2.45, 2.75) is 63.6 Å². The van der Waals surface area contributed by atoms with Gasteiger partial charge >= 0.3 is 0 Å². The van der Waals surface area contributed by atoms with Crippen LogP contribution < -0.4 is 0 Å². The van der Waals surface area contributed by atoms with E-state index in [2.05, 4.69) is 0 Å². The van der Waals surface area contributed by atoms with Crippen molar-refractivity contribution in [3.8, 4) is 0 Å². The lowest BCUT2D eigenvalue weighted by molar-refractivity contribution is -0.151. The molecule has 0 aromatic heterocycles. The minimum atomic E-state index is -1.60. The van der Waals surface area contributed by atoms with Crippen molar-refractivity contribution in [2.24, 2.45) is 0 Å². The standard InChI is InChI=1S/C12H26O6/c1-3-5-6-9(18-4-2)11(16)12(17)10(15)8(14)7-13/h8-17H,3-7H2,1-2H3. The predicted octanol–water partition coefficient (Wildman–Crippen LogP) is -0.982. The van der Waals surface area contributed by atoms with Crippen molar-refractivity contribution in [1.29, 1.82) is 0 Å². The second-order valence-corrected chi connectivity index (χ2v) is 4.36. The van der Waals surface area contributed by atoms with Crippen LogP contribution in [0.2, 0.25) is 0 Å². The summed E-state index contributed by atoms with van der Waals surface area (Å²) in [4.78, 5) is 0. The summed E-state index contributed by atoms with van der Waals surface area (Å²) >= 11 is 0. The Labute approximate surface area is 108 Å². The molecule has 0 saturated heterocycles. The Balaban J connectivity index is 4.47. The number of hydrogen-bond acceptors (Lipinski definition) is 6. The average molecular weight is 266 g/mol. The van der Waals surface area contributed by atoms with Crippen LogP contribution in [0.3, 0.4) is 0 Å². The monoisotopic (exact) mass is 266 g/mol.